The van der Waals surface area contributed by atoms with Crippen molar-refractivity contribution in [2.45, 2.75) is 49.6 Å². The second-order valence-corrected chi connectivity index (χ2v) is 9.86. The minimum atomic E-state index is -0.967. The van der Waals surface area contributed by atoms with Crippen LogP contribution in [0.2, 0.25) is 0 Å². The number of β-lactam (4-membered cyclic amide) rings is 1. The molecule has 3 amide bonds. The van der Waals surface area contributed by atoms with E-state index in [4.69, 9.17) is 9.47 Å². The van der Waals surface area contributed by atoms with Crippen LogP contribution in [0.3, 0.4) is 0 Å². The topological polar surface area (TPSA) is 114 Å². The molecule has 0 aliphatic carbocycles. The van der Waals surface area contributed by atoms with E-state index in [9.17, 15) is 19.2 Å². The summed E-state index contributed by atoms with van der Waals surface area (Å²) in [6.07, 6.45) is -0.399. The second-order valence-electron chi connectivity index (χ2n) is 8.63. The number of carbonyl (C=O) groups is 4. The Hall–Kier alpha value is -3.79. The van der Waals surface area contributed by atoms with Crippen LogP contribution in [-0.4, -0.2) is 51.5 Å². The number of esters is 1. The van der Waals surface area contributed by atoms with Gasteiger partial charge in [-0.1, -0.05) is 60.7 Å². The SMILES string of the molecule is CC(=O)NC1C(=O)N2C=C(NC(=O)OC(C)C)C(C(=O)OC(c3ccccc3)c3ccccc3)S[C@H]12. The lowest BCUT2D eigenvalue weighted by molar-refractivity contribution is -0.148. The van der Waals surface area contributed by atoms with Crippen LogP contribution in [0, 0.1) is 0 Å². The highest BCUT2D eigenvalue weighted by molar-refractivity contribution is 8.01. The molecule has 2 aliphatic rings. The molecule has 3 atom stereocenters. The van der Waals surface area contributed by atoms with Gasteiger partial charge in [-0.15, -0.1) is 11.8 Å². The third-order valence-electron chi connectivity index (χ3n) is 5.52. The monoisotopic (exact) mass is 509 g/mol. The van der Waals surface area contributed by atoms with Gasteiger partial charge in [0.05, 0.1) is 11.8 Å². The highest BCUT2D eigenvalue weighted by atomic mass is 32.2. The van der Waals surface area contributed by atoms with Gasteiger partial charge >= 0.3 is 12.1 Å². The number of amides is 3. The van der Waals surface area contributed by atoms with Crippen molar-refractivity contribution in [3.8, 4) is 0 Å². The van der Waals surface area contributed by atoms with Gasteiger partial charge in [0.15, 0.2) is 6.10 Å². The van der Waals surface area contributed by atoms with E-state index >= 15 is 0 Å². The average Bonchev–Trinajstić information content (AvgIpc) is 2.86. The summed E-state index contributed by atoms with van der Waals surface area (Å²) in [6, 6.07) is 17.9. The van der Waals surface area contributed by atoms with Gasteiger partial charge in [-0.3, -0.25) is 19.7 Å². The summed E-state index contributed by atoms with van der Waals surface area (Å²) in [5, 5.41) is 3.73. The smallest absolute Gasteiger partial charge is 0.411 e. The first-order valence-electron chi connectivity index (χ1n) is 11.5. The maximum Gasteiger partial charge on any atom is 0.411 e. The summed E-state index contributed by atoms with van der Waals surface area (Å²) in [4.78, 5) is 51.5. The van der Waals surface area contributed by atoms with Gasteiger partial charge in [-0.25, -0.2) is 4.79 Å². The minimum Gasteiger partial charge on any atom is -0.451 e. The molecule has 2 aliphatic heterocycles. The Labute approximate surface area is 213 Å². The largest absolute Gasteiger partial charge is 0.451 e. The van der Waals surface area contributed by atoms with Crippen LogP contribution in [0.15, 0.2) is 72.6 Å². The average molecular weight is 510 g/mol. The van der Waals surface area contributed by atoms with Gasteiger partial charge in [-0.05, 0) is 25.0 Å². The Kier molecular flexibility index (Phi) is 7.64. The van der Waals surface area contributed by atoms with Crippen molar-refractivity contribution >= 4 is 35.6 Å². The predicted octanol–water partition coefficient (Wildman–Crippen LogP) is 3.08. The Morgan fingerprint density at radius 3 is 2.06 bits per heavy atom. The lowest BCUT2D eigenvalue weighted by atomic mass is 10.0. The van der Waals surface area contributed by atoms with Crippen LogP contribution >= 0.6 is 11.8 Å². The summed E-state index contributed by atoms with van der Waals surface area (Å²) in [7, 11) is 0. The summed E-state index contributed by atoms with van der Waals surface area (Å²) in [5.74, 6) is -1.29. The van der Waals surface area contributed by atoms with Crippen molar-refractivity contribution in [3.63, 3.8) is 0 Å². The number of alkyl carbamates (subject to hydrolysis) is 1. The van der Waals surface area contributed by atoms with Crippen LogP contribution in [0.4, 0.5) is 4.79 Å². The molecule has 4 rings (SSSR count). The van der Waals surface area contributed by atoms with Crippen molar-refractivity contribution in [3.05, 3.63) is 83.7 Å². The molecule has 2 unspecified atom stereocenters. The van der Waals surface area contributed by atoms with Gasteiger partial charge in [0.25, 0.3) is 5.91 Å². The fraction of sp³-hybridized carbons (Fsp3) is 0.308. The zero-order valence-electron chi connectivity index (χ0n) is 20.0. The molecule has 10 heteroatoms. The maximum atomic E-state index is 13.6. The summed E-state index contributed by atoms with van der Waals surface area (Å²) >= 11 is 1.12. The van der Waals surface area contributed by atoms with E-state index in [1.807, 2.05) is 60.7 Å². The molecular formula is C26H27N3O6S. The van der Waals surface area contributed by atoms with E-state index in [1.165, 1.54) is 18.0 Å². The molecule has 0 aromatic heterocycles. The summed E-state index contributed by atoms with van der Waals surface area (Å²) in [6.45, 7) is 4.73. The summed E-state index contributed by atoms with van der Waals surface area (Å²) in [5.41, 5.74) is 1.74. The third-order valence-corrected chi connectivity index (χ3v) is 7.01. The first-order chi connectivity index (χ1) is 17.2. The molecule has 2 N–H and O–H groups in total. The van der Waals surface area contributed by atoms with Crippen LogP contribution in [0.5, 0.6) is 0 Å². The number of nitrogens with zero attached hydrogens (tertiary/aromatic N) is 1. The molecule has 188 valence electrons. The standard InChI is InChI=1S/C26H27N3O6S/c1-15(2)34-26(33)28-19-14-29-23(31)20(27-16(3)30)24(29)36-22(19)25(32)35-21(17-10-6-4-7-11-17)18-12-8-5-9-13-18/h4-15,20-22,24H,1-3H3,(H,27,30)(H,28,33)/t20?,22?,24-/m1/s1. The van der Waals surface area contributed by atoms with Crippen LogP contribution < -0.4 is 10.6 Å². The van der Waals surface area contributed by atoms with Crippen molar-refractivity contribution in [2.75, 3.05) is 0 Å². The second kappa shape index (κ2) is 10.9. The highest BCUT2D eigenvalue weighted by Gasteiger charge is 2.53. The molecule has 1 fully saturated rings. The normalized spacial score (nSPS) is 20.7. The van der Waals surface area contributed by atoms with E-state index in [0.29, 0.717) is 0 Å². The fourth-order valence-corrected chi connectivity index (χ4v) is 5.30. The molecule has 2 aromatic rings. The van der Waals surface area contributed by atoms with Crippen molar-refractivity contribution in [2.24, 2.45) is 0 Å². The van der Waals surface area contributed by atoms with Gasteiger partial charge in [0.2, 0.25) is 5.91 Å². The van der Waals surface area contributed by atoms with Crippen LogP contribution in [0.1, 0.15) is 38.0 Å². The number of nitrogens with one attached hydrogen (secondary N) is 2. The number of ether oxygens (including phenoxy) is 2. The minimum absolute atomic E-state index is 0.168. The number of hydrogen-bond acceptors (Lipinski definition) is 7. The molecular weight excluding hydrogens is 482 g/mol. The number of fused-ring (bicyclic) bond motifs is 1. The maximum absolute atomic E-state index is 13.6. The Morgan fingerprint density at radius 2 is 1.53 bits per heavy atom. The number of hydrogen-bond donors (Lipinski definition) is 2. The molecule has 1 saturated heterocycles. The molecule has 0 spiro atoms. The predicted molar refractivity (Wildman–Crippen MR) is 133 cm³/mol. The van der Waals surface area contributed by atoms with Crippen molar-refractivity contribution < 1.29 is 28.7 Å². The van der Waals surface area contributed by atoms with Crippen molar-refractivity contribution in [1.82, 2.24) is 15.5 Å². The third kappa shape index (κ3) is 5.54. The molecule has 2 aromatic carbocycles. The number of rotatable bonds is 7. The van der Waals surface area contributed by atoms with Crippen LogP contribution in [0.25, 0.3) is 0 Å². The van der Waals surface area contributed by atoms with Crippen LogP contribution in [-0.2, 0) is 23.9 Å². The number of carbonyl (C=O) groups excluding carboxylic acids is 4. The molecule has 36 heavy (non-hydrogen) atoms. The van der Waals surface area contributed by atoms with E-state index in [1.54, 1.807) is 13.8 Å². The van der Waals surface area contributed by atoms with Gasteiger partial charge in [-0.2, -0.15) is 0 Å². The Morgan fingerprint density at radius 1 is 0.944 bits per heavy atom. The van der Waals surface area contributed by atoms with Gasteiger partial charge in [0.1, 0.15) is 16.7 Å². The highest BCUT2D eigenvalue weighted by Crippen LogP contribution is 2.41. The zero-order valence-corrected chi connectivity index (χ0v) is 20.9. The zero-order chi connectivity index (χ0) is 25.8. The molecule has 0 radical (unpaired) electrons. The lowest BCUT2D eigenvalue weighted by Gasteiger charge is -2.48. The van der Waals surface area contributed by atoms with Gasteiger partial charge < -0.3 is 19.7 Å². The van der Waals surface area contributed by atoms with Crippen molar-refractivity contribution in [1.29, 1.82) is 0 Å². The molecule has 9 nitrogen and oxygen atoms in total. The first kappa shape index (κ1) is 25.3. The molecule has 0 bridgehead atoms. The van der Waals surface area contributed by atoms with E-state index < -0.39 is 34.8 Å². The van der Waals surface area contributed by atoms with E-state index in [0.717, 1.165) is 22.9 Å². The fourth-order valence-electron chi connectivity index (χ4n) is 3.95. The van der Waals surface area contributed by atoms with Gasteiger partial charge in [0, 0.05) is 13.1 Å². The lowest BCUT2D eigenvalue weighted by Crippen LogP contribution is -2.69. The Balaban J connectivity index is 1.62. The van der Waals surface area contributed by atoms with E-state index in [-0.39, 0.29) is 23.6 Å². The van der Waals surface area contributed by atoms with E-state index in [2.05, 4.69) is 10.6 Å². The Bertz CT molecular complexity index is 1130. The summed E-state index contributed by atoms with van der Waals surface area (Å²) < 4.78 is 11.2. The molecule has 2 heterocycles. The first-order valence-corrected chi connectivity index (χ1v) is 12.4. The molecule has 0 saturated carbocycles. The number of benzene rings is 2. The quantitative estimate of drug-likeness (QED) is 0.436. The number of thioether (sulfide) groups is 1.